The molecule has 5 nitrogen and oxygen atoms in total. The smallest absolute Gasteiger partial charge is 0.227 e. The van der Waals surface area contributed by atoms with Gasteiger partial charge in [-0.1, -0.05) is 6.07 Å². The van der Waals surface area contributed by atoms with Crippen LogP contribution in [0.25, 0.3) is 0 Å². The van der Waals surface area contributed by atoms with Gasteiger partial charge < -0.3 is 9.64 Å². The van der Waals surface area contributed by atoms with Gasteiger partial charge >= 0.3 is 0 Å². The molecule has 6 heteroatoms. The van der Waals surface area contributed by atoms with Crippen LogP contribution in [0.5, 0.6) is 0 Å². The molecule has 4 heterocycles. The standard InChI is InChI=1S/C21H27N3O2S/c25-20(12-18-3-11-27-15-18)24-7-4-21(5-8-24)16-23(9-10-26-17-21)14-19-2-1-6-22-13-19/h1-3,6,11,13,15H,4-5,7-10,12,14,16-17H2. The molecule has 1 spiro atoms. The topological polar surface area (TPSA) is 45.7 Å². The van der Waals surface area contributed by atoms with Crippen LogP contribution in [0.2, 0.25) is 0 Å². The molecule has 0 unspecified atom stereocenters. The monoisotopic (exact) mass is 385 g/mol. The van der Waals surface area contributed by atoms with Crippen LogP contribution >= 0.6 is 11.3 Å². The van der Waals surface area contributed by atoms with Crippen molar-refractivity contribution in [3.63, 3.8) is 0 Å². The van der Waals surface area contributed by atoms with Crippen LogP contribution in [0.1, 0.15) is 24.0 Å². The molecule has 0 bridgehead atoms. The van der Waals surface area contributed by atoms with Crippen molar-refractivity contribution < 1.29 is 9.53 Å². The van der Waals surface area contributed by atoms with Gasteiger partial charge in [-0.25, -0.2) is 0 Å². The Bertz CT molecular complexity index is 727. The number of thiophene rings is 1. The normalized spacial score (nSPS) is 20.5. The molecule has 2 aromatic rings. The van der Waals surface area contributed by atoms with Crippen molar-refractivity contribution in [3.05, 3.63) is 52.5 Å². The zero-order chi connectivity index (χ0) is 18.5. The van der Waals surface area contributed by atoms with E-state index in [1.54, 1.807) is 11.3 Å². The third kappa shape index (κ3) is 4.75. The van der Waals surface area contributed by atoms with E-state index in [4.69, 9.17) is 4.74 Å². The Morgan fingerprint density at radius 2 is 2.11 bits per heavy atom. The van der Waals surface area contributed by atoms with Gasteiger partial charge in [0.25, 0.3) is 0 Å². The Balaban J connectivity index is 1.35. The highest BCUT2D eigenvalue weighted by molar-refractivity contribution is 7.08. The first-order valence-corrected chi connectivity index (χ1v) is 10.6. The van der Waals surface area contributed by atoms with Gasteiger partial charge in [0, 0.05) is 50.5 Å². The summed E-state index contributed by atoms with van der Waals surface area (Å²) >= 11 is 1.65. The van der Waals surface area contributed by atoms with Crippen molar-refractivity contribution in [2.45, 2.75) is 25.8 Å². The maximum Gasteiger partial charge on any atom is 0.227 e. The highest BCUT2D eigenvalue weighted by Crippen LogP contribution is 2.35. The van der Waals surface area contributed by atoms with Crippen LogP contribution in [0.4, 0.5) is 0 Å². The molecular formula is C21H27N3O2S. The summed E-state index contributed by atoms with van der Waals surface area (Å²) in [7, 11) is 0. The van der Waals surface area contributed by atoms with Gasteiger partial charge in [0.15, 0.2) is 0 Å². The van der Waals surface area contributed by atoms with Gasteiger partial charge in [-0.15, -0.1) is 0 Å². The van der Waals surface area contributed by atoms with Crippen molar-refractivity contribution in [2.75, 3.05) is 39.4 Å². The Morgan fingerprint density at radius 1 is 1.22 bits per heavy atom. The fourth-order valence-electron chi connectivity index (χ4n) is 4.18. The van der Waals surface area contributed by atoms with Gasteiger partial charge in [-0.3, -0.25) is 14.7 Å². The lowest BCUT2D eigenvalue weighted by molar-refractivity contribution is -0.133. The van der Waals surface area contributed by atoms with E-state index in [0.717, 1.165) is 64.3 Å². The second kappa shape index (κ2) is 8.50. The molecule has 0 saturated carbocycles. The Morgan fingerprint density at radius 3 is 2.85 bits per heavy atom. The van der Waals surface area contributed by atoms with Gasteiger partial charge in [0.05, 0.1) is 19.6 Å². The third-order valence-electron chi connectivity index (χ3n) is 5.76. The number of carbonyl (C=O) groups excluding carboxylic acids is 1. The molecule has 2 saturated heterocycles. The molecule has 2 aliphatic heterocycles. The van der Waals surface area contributed by atoms with E-state index < -0.39 is 0 Å². The number of aromatic nitrogens is 1. The highest BCUT2D eigenvalue weighted by atomic mass is 32.1. The third-order valence-corrected chi connectivity index (χ3v) is 6.49. The fourth-order valence-corrected chi connectivity index (χ4v) is 4.85. The second-order valence-corrected chi connectivity index (χ2v) is 8.59. The summed E-state index contributed by atoms with van der Waals surface area (Å²) < 4.78 is 5.98. The Hall–Kier alpha value is -1.76. The molecule has 27 heavy (non-hydrogen) atoms. The largest absolute Gasteiger partial charge is 0.379 e. The van der Waals surface area contributed by atoms with E-state index in [9.17, 15) is 4.79 Å². The summed E-state index contributed by atoms with van der Waals surface area (Å²) in [5.41, 5.74) is 2.54. The number of rotatable bonds is 4. The van der Waals surface area contributed by atoms with Gasteiger partial charge in [0.2, 0.25) is 5.91 Å². The molecule has 0 N–H and O–H groups in total. The molecule has 0 aromatic carbocycles. The van der Waals surface area contributed by atoms with E-state index in [0.29, 0.717) is 6.42 Å². The maximum absolute atomic E-state index is 12.6. The first kappa shape index (κ1) is 18.6. The number of amides is 1. The number of ether oxygens (including phenoxy) is 1. The van der Waals surface area contributed by atoms with E-state index in [1.165, 1.54) is 5.56 Å². The maximum atomic E-state index is 12.6. The lowest BCUT2D eigenvalue weighted by atomic mass is 9.78. The van der Waals surface area contributed by atoms with Crippen LogP contribution < -0.4 is 0 Å². The number of hydrogen-bond donors (Lipinski definition) is 0. The summed E-state index contributed by atoms with van der Waals surface area (Å²) in [5, 5.41) is 4.10. The van der Waals surface area contributed by atoms with Crippen molar-refractivity contribution in [2.24, 2.45) is 5.41 Å². The first-order chi connectivity index (χ1) is 13.2. The van der Waals surface area contributed by atoms with Crippen LogP contribution in [-0.4, -0.2) is 60.1 Å². The van der Waals surface area contributed by atoms with Crippen LogP contribution in [0.3, 0.4) is 0 Å². The van der Waals surface area contributed by atoms with Crippen molar-refractivity contribution in [1.82, 2.24) is 14.8 Å². The predicted octanol–water partition coefficient (Wildman–Crippen LogP) is 2.83. The minimum absolute atomic E-state index is 0.165. The van der Waals surface area contributed by atoms with Gasteiger partial charge in [0.1, 0.15) is 0 Å². The quantitative estimate of drug-likeness (QED) is 0.812. The number of piperidine rings is 1. The van der Waals surface area contributed by atoms with Crippen molar-refractivity contribution in [3.8, 4) is 0 Å². The molecule has 1 amide bonds. The zero-order valence-electron chi connectivity index (χ0n) is 15.7. The average molecular weight is 386 g/mol. The van der Waals surface area contributed by atoms with Crippen LogP contribution in [0, 0.1) is 5.41 Å². The molecule has 0 aliphatic carbocycles. The van der Waals surface area contributed by atoms with Crippen LogP contribution in [0.15, 0.2) is 41.4 Å². The number of carbonyl (C=O) groups is 1. The van der Waals surface area contributed by atoms with Gasteiger partial charge in [-0.05, 0) is 46.9 Å². The molecule has 2 aliphatic rings. The van der Waals surface area contributed by atoms with Crippen LogP contribution in [-0.2, 0) is 22.5 Å². The number of nitrogens with zero attached hydrogens (tertiary/aromatic N) is 3. The lowest BCUT2D eigenvalue weighted by Gasteiger charge is -2.42. The van der Waals surface area contributed by atoms with E-state index in [1.807, 2.05) is 34.8 Å². The van der Waals surface area contributed by atoms with Crippen molar-refractivity contribution >= 4 is 17.2 Å². The minimum Gasteiger partial charge on any atom is -0.379 e. The van der Waals surface area contributed by atoms with Crippen molar-refractivity contribution in [1.29, 1.82) is 0 Å². The summed E-state index contributed by atoms with van der Waals surface area (Å²) in [6.45, 7) is 6.18. The van der Waals surface area contributed by atoms with E-state index >= 15 is 0 Å². The lowest BCUT2D eigenvalue weighted by Crippen LogP contribution is -2.49. The molecular weight excluding hydrogens is 358 g/mol. The molecule has 0 radical (unpaired) electrons. The van der Waals surface area contributed by atoms with Gasteiger partial charge in [-0.2, -0.15) is 11.3 Å². The Labute approximate surface area is 165 Å². The fraction of sp³-hybridized carbons (Fsp3) is 0.524. The summed E-state index contributed by atoms with van der Waals surface area (Å²) in [5.74, 6) is 0.255. The summed E-state index contributed by atoms with van der Waals surface area (Å²) in [6.07, 6.45) is 6.33. The SMILES string of the molecule is O=C(Cc1ccsc1)N1CCC2(CC1)COCCN(Cc1cccnc1)C2. The molecule has 0 atom stereocenters. The van der Waals surface area contributed by atoms with E-state index in [-0.39, 0.29) is 11.3 Å². The number of pyridine rings is 1. The average Bonchev–Trinajstić information content (AvgIpc) is 3.12. The molecule has 2 aromatic heterocycles. The zero-order valence-corrected chi connectivity index (χ0v) is 16.5. The predicted molar refractivity (Wildman–Crippen MR) is 107 cm³/mol. The molecule has 2 fully saturated rings. The highest BCUT2D eigenvalue weighted by Gasteiger charge is 2.39. The molecule has 4 rings (SSSR count). The number of likely N-dealkylation sites (tertiary alicyclic amines) is 1. The Kier molecular flexibility index (Phi) is 5.86. The second-order valence-electron chi connectivity index (χ2n) is 7.81. The first-order valence-electron chi connectivity index (χ1n) is 9.70. The minimum atomic E-state index is 0.165. The summed E-state index contributed by atoms with van der Waals surface area (Å²) in [6, 6.07) is 6.18. The molecule has 144 valence electrons. The van der Waals surface area contributed by atoms with E-state index in [2.05, 4.69) is 21.3 Å². The summed E-state index contributed by atoms with van der Waals surface area (Å²) in [4.78, 5) is 21.4. The number of hydrogen-bond acceptors (Lipinski definition) is 5.